The van der Waals surface area contributed by atoms with Gasteiger partial charge >= 0.3 is 5.97 Å². The molecular formula is C69H135N2O7P. The van der Waals surface area contributed by atoms with Gasteiger partial charge in [-0.1, -0.05) is 309 Å². The van der Waals surface area contributed by atoms with Gasteiger partial charge in [0.1, 0.15) is 19.3 Å². The van der Waals surface area contributed by atoms with E-state index in [1.165, 1.54) is 250 Å². The summed E-state index contributed by atoms with van der Waals surface area (Å²) in [6, 6.07) is -0.891. The van der Waals surface area contributed by atoms with Crippen molar-refractivity contribution >= 4 is 19.7 Å². The zero-order valence-electron chi connectivity index (χ0n) is 53.6. The van der Waals surface area contributed by atoms with Crippen molar-refractivity contribution in [3.8, 4) is 0 Å². The number of nitrogens with one attached hydrogen (secondary N) is 1. The van der Waals surface area contributed by atoms with Gasteiger partial charge in [0.2, 0.25) is 5.91 Å². The summed E-state index contributed by atoms with van der Waals surface area (Å²) in [6.07, 6.45) is 71.7. The molecule has 3 unspecified atom stereocenters. The van der Waals surface area contributed by atoms with Crippen molar-refractivity contribution in [3.63, 3.8) is 0 Å². The first kappa shape index (κ1) is 77.5. The van der Waals surface area contributed by atoms with E-state index in [0.717, 1.165) is 70.6 Å². The zero-order valence-corrected chi connectivity index (χ0v) is 54.5. The summed E-state index contributed by atoms with van der Waals surface area (Å²) < 4.78 is 30.4. The number of carbonyl (C=O) groups excluding carboxylic acids is 2. The van der Waals surface area contributed by atoms with Crippen LogP contribution in [0.1, 0.15) is 355 Å². The number of rotatable bonds is 64. The van der Waals surface area contributed by atoms with Crippen molar-refractivity contribution in [2.24, 2.45) is 0 Å². The van der Waals surface area contributed by atoms with E-state index in [2.05, 4.69) is 38.2 Å². The molecule has 0 aromatic heterocycles. The molecule has 0 heterocycles. The molecule has 79 heavy (non-hydrogen) atoms. The fourth-order valence-electron chi connectivity index (χ4n) is 10.5. The maximum atomic E-state index is 13.5. The second-order valence-electron chi connectivity index (χ2n) is 25.0. The molecule has 468 valence electrons. The van der Waals surface area contributed by atoms with Crippen molar-refractivity contribution in [1.29, 1.82) is 0 Å². The number of ether oxygens (including phenoxy) is 1. The Balaban J connectivity index is 4.97. The van der Waals surface area contributed by atoms with Gasteiger partial charge in [-0.2, -0.15) is 0 Å². The van der Waals surface area contributed by atoms with Gasteiger partial charge in [-0.25, -0.2) is 0 Å². The molecular weight excluding hydrogens is 1000 g/mol. The summed E-state index contributed by atoms with van der Waals surface area (Å²) in [4.78, 5) is 40.0. The minimum atomic E-state index is -4.70. The number of unbranched alkanes of at least 4 members (excludes halogenated alkanes) is 46. The number of hydrogen-bond donors (Lipinski definition) is 1. The van der Waals surface area contributed by atoms with Crippen LogP contribution < -0.4 is 10.2 Å². The lowest BCUT2D eigenvalue weighted by molar-refractivity contribution is -0.870. The van der Waals surface area contributed by atoms with E-state index in [0.29, 0.717) is 17.4 Å². The fraction of sp³-hybridized carbons (Fsp3) is 0.913. The Morgan fingerprint density at radius 1 is 0.430 bits per heavy atom. The maximum Gasteiger partial charge on any atom is 0.306 e. The third kappa shape index (κ3) is 60.9. The third-order valence-electron chi connectivity index (χ3n) is 15.9. The number of nitrogens with zero attached hydrogens (tertiary/aromatic N) is 1. The molecule has 0 spiro atoms. The predicted molar refractivity (Wildman–Crippen MR) is 340 cm³/mol. The number of likely N-dealkylation sites (N-methyl/N-ethyl adjacent to an activating group) is 1. The minimum absolute atomic E-state index is 0.0214. The summed E-state index contributed by atoms with van der Waals surface area (Å²) in [5.74, 6) is -0.540. The highest BCUT2D eigenvalue weighted by Gasteiger charge is 2.27. The summed E-state index contributed by atoms with van der Waals surface area (Å²) in [6.45, 7) is 6.88. The van der Waals surface area contributed by atoms with Crippen LogP contribution in [-0.4, -0.2) is 69.4 Å². The number of allylic oxidation sites excluding steroid dienone is 3. The fourth-order valence-corrected chi connectivity index (χ4v) is 11.2. The molecule has 0 aliphatic carbocycles. The molecule has 1 N–H and O–H groups in total. The highest BCUT2D eigenvalue weighted by molar-refractivity contribution is 7.45. The topological polar surface area (TPSA) is 114 Å². The van der Waals surface area contributed by atoms with Gasteiger partial charge in [-0.05, 0) is 57.4 Å². The van der Waals surface area contributed by atoms with Crippen molar-refractivity contribution < 1.29 is 37.3 Å². The van der Waals surface area contributed by atoms with Gasteiger partial charge in [-0.3, -0.25) is 14.2 Å². The molecule has 10 heteroatoms. The lowest BCUT2D eigenvalue weighted by Gasteiger charge is -2.30. The van der Waals surface area contributed by atoms with Crippen molar-refractivity contribution in [1.82, 2.24) is 5.32 Å². The molecule has 0 bridgehead atoms. The minimum Gasteiger partial charge on any atom is -0.756 e. The Labute approximate surface area is 492 Å². The quantitative estimate of drug-likeness (QED) is 0.0212. The van der Waals surface area contributed by atoms with Crippen LogP contribution in [0.25, 0.3) is 0 Å². The molecule has 0 fully saturated rings. The Morgan fingerprint density at radius 3 is 1.09 bits per heavy atom. The van der Waals surface area contributed by atoms with Gasteiger partial charge in [0.05, 0.1) is 33.8 Å². The smallest absolute Gasteiger partial charge is 0.306 e. The zero-order chi connectivity index (χ0) is 57.9. The number of quaternary nitrogens is 1. The van der Waals surface area contributed by atoms with Crippen molar-refractivity contribution in [3.05, 3.63) is 24.3 Å². The van der Waals surface area contributed by atoms with Gasteiger partial charge in [0, 0.05) is 12.8 Å². The van der Waals surface area contributed by atoms with Crippen LogP contribution in [0.3, 0.4) is 0 Å². The number of amides is 1. The van der Waals surface area contributed by atoms with E-state index in [-0.39, 0.29) is 31.5 Å². The second kappa shape index (κ2) is 59.6. The van der Waals surface area contributed by atoms with E-state index in [9.17, 15) is 19.0 Å². The van der Waals surface area contributed by atoms with Crippen LogP contribution in [-0.2, 0) is 27.9 Å². The average Bonchev–Trinajstić information content (AvgIpc) is 3.41. The highest BCUT2D eigenvalue weighted by atomic mass is 31.2. The summed E-state index contributed by atoms with van der Waals surface area (Å²) in [5.41, 5.74) is 0. The number of carbonyl (C=O) groups is 2. The molecule has 0 saturated heterocycles. The maximum absolute atomic E-state index is 13.5. The number of hydrogen-bond acceptors (Lipinski definition) is 7. The SMILES string of the molecule is CCCCCCCC/C=C\CCCCCC(=O)NC(COP(=O)([O-])OCC[N+](C)(C)C)C(/C=C\CCCCCCCCCCCCC)OC(=O)CCCCCCCCCCCCCCCCCCCCCCCCCCCCC. The predicted octanol–water partition coefficient (Wildman–Crippen LogP) is 21.0. The van der Waals surface area contributed by atoms with E-state index < -0.39 is 20.0 Å². The molecule has 9 nitrogen and oxygen atoms in total. The van der Waals surface area contributed by atoms with Crippen LogP contribution in [0.4, 0.5) is 0 Å². The molecule has 0 aliphatic heterocycles. The second-order valence-corrected chi connectivity index (χ2v) is 26.5. The molecule has 3 atom stereocenters. The van der Waals surface area contributed by atoms with Crippen molar-refractivity contribution in [2.45, 2.75) is 367 Å². The summed E-state index contributed by atoms with van der Waals surface area (Å²) in [5, 5.41) is 3.03. The van der Waals surface area contributed by atoms with E-state index >= 15 is 0 Å². The first-order valence-electron chi connectivity index (χ1n) is 34.6. The molecule has 0 aromatic carbocycles. The molecule has 1 amide bonds. The van der Waals surface area contributed by atoms with Gasteiger partial charge in [0.25, 0.3) is 7.82 Å². The lowest BCUT2D eigenvalue weighted by atomic mass is 10.0. The Kier molecular flexibility index (Phi) is 58.5. The van der Waals surface area contributed by atoms with Crippen LogP contribution in [0.5, 0.6) is 0 Å². The Hall–Kier alpha value is -1.51. The third-order valence-corrected chi connectivity index (χ3v) is 16.8. The van der Waals surface area contributed by atoms with Crippen LogP contribution in [0.15, 0.2) is 24.3 Å². The number of phosphoric ester groups is 1. The monoisotopic (exact) mass is 1140 g/mol. The average molecular weight is 1140 g/mol. The summed E-state index contributed by atoms with van der Waals surface area (Å²) in [7, 11) is 1.19. The first-order valence-corrected chi connectivity index (χ1v) is 36.1. The highest BCUT2D eigenvalue weighted by Crippen LogP contribution is 2.38. The van der Waals surface area contributed by atoms with E-state index in [1.54, 1.807) is 0 Å². The van der Waals surface area contributed by atoms with Gasteiger partial charge in [0.15, 0.2) is 0 Å². The van der Waals surface area contributed by atoms with Gasteiger partial charge in [-0.15, -0.1) is 0 Å². The lowest BCUT2D eigenvalue weighted by Crippen LogP contribution is -2.47. The first-order chi connectivity index (χ1) is 38.4. The Morgan fingerprint density at radius 2 is 0.734 bits per heavy atom. The van der Waals surface area contributed by atoms with E-state index in [1.807, 2.05) is 33.3 Å². The molecule has 0 rings (SSSR count). The normalized spacial score (nSPS) is 13.7. The van der Waals surface area contributed by atoms with Crippen LogP contribution in [0.2, 0.25) is 0 Å². The van der Waals surface area contributed by atoms with Crippen LogP contribution in [0, 0.1) is 0 Å². The van der Waals surface area contributed by atoms with Gasteiger partial charge < -0.3 is 28.5 Å². The summed E-state index contributed by atoms with van der Waals surface area (Å²) >= 11 is 0. The standard InChI is InChI=1S/C69H135N2O7P/c1-7-10-13-16-19-22-25-28-29-30-31-32-33-34-35-36-37-38-39-40-41-44-47-50-53-56-59-62-69(73)78-67(60-57-54-51-48-45-42-26-23-20-17-14-11-8-2)66(65-77-79(74,75)76-64-63-71(4,5)6)70-68(72)61-58-55-52-49-46-43-27-24-21-18-15-12-9-3/h43,46,57,60,66-67H,7-42,44-45,47-56,58-59,61-65H2,1-6H3,(H-,70,72,74,75)/b46-43-,60-57-. The van der Waals surface area contributed by atoms with Crippen LogP contribution >= 0.6 is 7.82 Å². The Bertz CT molecular complexity index is 1400. The molecule has 0 radical (unpaired) electrons. The largest absolute Gasteiger partial charge is 0.756 e. The molecule has 0 saturated carbocycles. The molecule has 0 aliphatic rings. The number of phosphoric acid groups is 1. The molecule has 0 aromatic rings. The van der Waals surface area contributed by atoms with E-state index in [4.69, 9.17) is 13.8 Å². The number of esters is 1. The van der Waals surface area contributed by atoms with Crippen molar-refractivity contribution in [2.75, 3.05) is 40.9 Å².